The van der Waals surface area contributed by atoms with E-state index in [1.54, 1.807) is 18.3 Å². The van der Waals surface area contributed by atoms with Crippen LogP contribution >= 0.6 is 0 Å². The zero-order chi connectivity index (χ0) is 15.1. The van der Waals surface area contributed by atoms with Crippen LogP contribution in [0.2, 0.25) is 0 Å². The molecule has 0 amide bonds. The van der Waals surface area contributed by atoms with Crippen LogP contribution in [0.4, 0.5) is 0 Å². The van der Waals surface area contributed by atoms with Gasteiger partial charge in [-0.15, -0.1) is 0 Å². The standard InChI is InChI=1S/C16H15NO4/c18-15(19)9-14(13-7-4-8-17-10-13)16(20)21-11-12-5-2-1-3-6-12/h1-8,10,14H,9,11H2,(H,18,19). The molecule has 108 valence electrons. The first-order valence-electron chi connectivity index (χ1n) is 6.49. The Morgan fingerprint density at radius 3 is 2.52 bits per heavy atom. The Morgan fingerprint density at radius 2 is 1.90 bits per heavy atom. The summed E-state index contributed by atoms with van der Waals surface area (Å²) in [6.45, 7) is 0.121. The van der Waals surface area contributed by atoms with Crippen molar-refractivity contribution in [3.05, 3.63) is 66.0 Å². The highest BCUT2D eigenvalue weighted by atomic mass is 16.5. The van der Waals surface area contributed by atoms with Gasteiger partial charge in [0.25, 0.3) is 0 Å². The summed E-state index contributed by atoms with van der Waals surface area (Å²) in [5, 5.41) is 8.95. The van der Waals surface area contributed by atoms with E-state index in [0.717, 1.165) is 5.56 Å². The molecule has 0 aliphatic rings. The smallest absolute Gasteiger partial charge is 0.314 e. The number of hydrogen-bond acceptors (Lipinski definition) is 4. The normalized spacial score (nSPS) is 11.6. The summed E-state index contributed by atoms with van der Waals surface area (Å²) in [6, 6.07) is 12.6. The number of esters is 1. The van der Waals surface area contributed by atoms with Gasteiger partial charge in [0.2, 0.25) is 0 Å². The molecular weight excluding hydrogens is 270 g/mol. The largest absolute Gasteiger partial charge is 0.481 e. The molecule has 0 aliphatic heterocycles. The number of benzene rings is 1. The van der Waals surface area contributed by atoms with E-state index < -0.39 is 17.9 Å². The van der Waals surface area contributed by atoms with Gasteiger partial charge in [-0.3, -0.25) is 14.6 Å². The molecule has 0 aliphatic carbocycles. The van der Waals surface area contributed by atoms with Gasteiger partial charge >= 0.3 is 11.9 Å². The van der Waals surface area contributed by atoms with Crippen LogP contribution in [0.25, 0.3) is 0 Å². The second-order valence-electron chi connectivity index (χ2n) is 4.53. The number of nitrogens with zero attached hydrogens (tertiary/aromatic N) is 1. The molecule has 21 heavy (non-hydrogen) atoms. The van der Waals surface area contributed by atoms with Gasteiger partial charge in [0.1, 0.15) is 6.61 Å². The molecule has 0 fully saturated rings. The van der Waals surface area contributed by atoms with Gasteiger partial charge in [0.05, 0.1) is 12.3 Å². The van der Waals surface area contributed by atoms with Gasteiger partial charge in [-0.1, -0.05) is 36.4 Å². The molecular formula is C16H15NO4. The molecule has 1 aromatic carbocycles. The average molecular weight is 285 g/mol. The minimum Gasteiger partial charge on any atom is -0.481 e. The summed E-state index contributed by atoms with van der Waals surface area (Å²) in [5.41, 5.74) is 1.39. The van der Waals surface area contributed by atoms with Crippen LogP contribution in [-0.2, 0) is 20.9 Å². The summed E-state index contributed by atoms with van der Waals surface area (Å²) in [6.07, 6.45) is 2.73. The maximum atomic E-state index is 12.1. The number of ether oxygens (including phenoxy) is 1. The Bertz CT molecular complexity index is 598. The number of aromatic nitrogens is 1. The fourth-order valence-electron chi connectivity index (χ4n) is 1.92. The third-order valence-electron chi connectivity index (χ3n) is 2.97. The van der Waals surface area contributed by atoms with Crippen LogP contribution in [0.15, 0.2) is 54.9 Å². The van der Waals surface area contributed by atoms with Crippen molar-refractivity contribution < 1.29 is 19.4 Å². The number of rotatable bonds is 6. The average Bonchev–Trinajstić information content (AvgIpc) is 2.52. The van der Waals surface area contributed by atoms with Crippen molar-refractivity contribution in [3.8, 4) is 0 Å². The summed E-state index contributed by atoms with van der Waals surface area (Å²) in [7, 11) is 0. The Kier molecular flexibility index (Phi) is 5.04. The van der Waals surface area contributed by atoms with Crippen molar-refractivity contribution in [1.29, 1.82) is 0 Å². The number of aliphatic carboxylic acids is 1. The molecule has 1 aromatic heterocycles. The molecule has 0 spiro atoms. The van der Waals surface area contributed by atoms with Gasteiger partial charge < -0.3 is 9.84 Å². The summed E-state index contributed by atoms with van der Waals surface area (Å²) >= 11 is 0. The number of hydrogen-bond donors (Lipinski definition) is 1. The van der Waals surface area contributed by atoms with E-state index in [1.807, 2.05) is 30.3 Å². The molecule has 2 aromatic rings. The number of carbonyl (C=O) groups is 2. The van der Waals surface area contributed by atoms with Crippen LogP contribution in [0.1, 0.15) is 23.5 Å². The van der Waals surface area contributed by atoms with Crippen molar-refractivity contribution in [1.82, 2.24) is 4.98 Å². The SMILES string of the molecule is O=C(O)CC(C(=O)OCc1ccccc1)c1cccnc1. The van der Waals surface area contributed by atoms with E-state index >= 15 is 0 Å². The predicted octanol–water partition coefficient (Wildman–Crippen LogP) is 2.38. The van der Waals surface area contributed by atoms with Crippen molar-refractivity contribution >= 4 is 11.9 Å². The molecule has 0 saturated heterocycles. The predicted molar refractivity (Wildman–Crippen MR) is 75.5 cm³/mol. The van der Waals surface area contributed by atoms with E-state index in [4.69, 9.17) is 9.84 Å². The van der Waals surface area contributed by atoms with Crippen LogP contribution in [-0.4, -0.2) is 22.0 Å². The van der Waals surface area contributed by atoms with Crippen LogP contribution < -0.4 is 0 Å². The molecule has 0 bridgehead atoms. The maximum absolute atomic E-state index is 12.1. The van der Waals surface area contributed by atoms with Crippen LogP contribution in [0, 0.1) is 0 Å². The zero-order valence-corrected chi connectivity index (χ0v) is 11.3. The highest BCUT2D eigenvalue weighted by molar-refractivity contribution is 5.83. The Balaban J connectivity index is 2.06. The molecule has 1 unspecified atom stereocenters. The van der Waals surface area contributed by atoms with E-state index in [9.17, 15) is 9.59 Å². The van der Waals surface area contributed by atoms with Crippen molar-refractivity contribution in [2.24, 2.45) is 0 Å². The van der Waals surface area contributed by atoms with Crippen molar-refractivity contribution in [3.63, 3.8) is 0 Å². The van der Waals surface area contributed by atoms with Crippen molar-refractivity contribution in [2.75, 3.05) is 0 Å². The minimum atomic E-state index is -1.06. The molecule has 2 rings (SSSR count). The third-order valence-corrected chi connectivity index (χ3v) is 2.97. The molecule has 0 radical (unpaired) electrons. The second kappa shape index (κ2) is 7.19. The van der Waals surface area contributed by atoms with Gasteiger partial charge in [-0.05, 0) is 17.2 Å². The first-order valence-corrected chi connectivity index (χ1v) is 6.49. The van der Waals surface area contributed by atoms with Gasteiger partial charge in [-0.2, -0.15) is 0 Å². The highest BCUT2D eigenvalue weighted by Crippen LogP contribution is 2.21. The number of carbonyl (C=O) groups excluding carboxylic acids is 1. The quantitative estimate of drug-likeness (QED) is 0.825. The molecule has 1 heterocycles. The second-order valence-corrected chi connectivity index (χ2v) is 4.53. The summed E-state index contributed by atoms with van der Waals surface area (Å²) in [4.78, 5) is 27.0. The number of carboxylic acid groups (broad SMARTS) is 1. The summed E-state index contributed by atoms with van der Waals surface area (Å²) < 4.78 is 5.22. The minimum absolute atomic E-state index is 0.121. The Labute approximate surface area is 122 Å². The lowest BCUT2D eigenvalue weighted by Crippen LogP contribution is -2.19. The van der Waals surface area contributed by atoms with Crippen molar-refractivity contribution in [2.45, 2.75) is 18.9 Å². The molecule has 1 N–H and O–H groups in total. The molecule has 5 nitrogen and oxygen atoms in total. The van der Waals surface area contributed by atoms with E-state index in [-0.39, 0.29) is 13.0 Å². The van der Waals surface area contributed by atoms with Gasteiger partial charge in [0, 0.05) is 12.4 Å². The van der Waals surface area contributed by atoms with Gasteiger partial charge in [0.15, 0.2) is 0 Å². The monoisotopic (exact) mass is 285 g/mol. The topological polar surface area (TPSA) is 76.5 Å². The van der Waals surface area contributed by atoms with E-state index in [1.165, 1.54) is 6.20 Å². The molecule has 5 heteroatoms. The first kappa shape index (κ1) is 14.7. The van der Waals surface area contributed by atoms with Gasteiger partial charge in [-0.25, -0.2) is 0 Å². The van der Waals surface area contributed by atoms with Crippen LogP contribution in [0.3, 0.4) is 0 Å². The van der Waals surface area contributed by atoms with E-state index in [2.05, 4.69) is 4.98 Å². The van der Waals surface area contributed by atoms with Crippen LogP contribution in [0.5, 0.6) is 0 Å². The highest BCUT2D eigenvalue weighted by Gasteiger charge is 2.25. The summed E-state index contributed by atoms with van der Waals surface area (Å²) in [5.74, 6) is -2.46. The first-order chi connectivity index (χ1) is 10.2. The fraction of sp³-hybridized carbons (Fsp3) is 0.188. The number of pyridine rings is 1. The Hall–Kier alpha value is -2.69. The van der Waals surface area contributed by atoms with E-state index in [0.29, 0.717) is 5.56 Å². The lowest BCUT2D eigenvalue weighted by molar-refractivity contribution is -0.150. The number of carboxylic acids is 1. The lowest BCUT2D eigenvalue weighted by atomic mass is 9.97. The Morgan fingerprint density at radius 1 is 1.14 bits per heavy atom. The zero-order valence-electron chi connectivity index (χ0n) is 11.3. The maximum Gasteiger partial charge on any atom is 0.314 e. The third kappa shape index (κ3) is 4.42. The molecule has 0 saturated carbocycles. The fourth-order valence-corrected chi connectivity index (χ4v) is 1.92. The molecule has 1 atom stereocenters. The lowest BCUT2D eigenvalue weighted by Gasteiger charge is -2.14.